The third kappa shape index (κ3) is 5.83. The van der Waals surface area contributed by atoms with Crippen molar-refractivity contribution in [2.75, 3.05) is 13.7 Å². The minimum atomic E-state index is -0.174. The Labute approximate surface area is 208 Å². The van der Waals surface area contributed by atoms with Crippen LogP contribution in [-0.4, -0.2) is 39.8 Å². The number of furan rings is 1. The van der Waals surface area contributed by atoms with E-state index in [9.17, 15) is 4.79 Å². The molecular weight excluding hydrogens is 464 g/mol. The topological polar surface area (TPSA) is 117 Å². The molecule has 0 radical (unpaired) electrons. The summed E-state index contributed by atoms with van der Waals surface area (Å²) >= 11 is 0. The van der Waals surface area contributed by atoms with Crippen LogP contribution in [0, 0.1) is 13.8 Å². The summed E-state index contributed by atoms with van der Waals surface area (Å²) in [5, 5.41) is 12.0. The van der Waals surface area contributed by atoms with Gasteiger partial charge in [0.05, 0.1) is 31.2 Å². The van der Waals surface area contributed by atoms with Gasteiger partial charge in [-0.25, -0.2) is 0 Å². The van der Waals surface area contributed by atoms with Crippen LogP contribution in [0.2, 0.25) is 0 Å². The van der Waals surface area contributed by atoms with E-state index < -0.39 is 0 Å². The number of benzene rings is 1. The first-order valence-corrected chi connectivity index (χ1v) is 11.5. The molecule has 0 aliphatic rings. The van der Waals surface area contributed by atoms with Crippen LogP contribution in [-0.2, 0) is 17.9 Å². The molecule has 0 fully saturated rings. The molecule has 0 spiro atoms. The molecule has 36 heavy (non-hydrogen) atoms. The fraction of sp³-hybridized carbons (Fsp3) is 0.308. The van der Waals surface area contributed by atoms with Crippen LogP contribution in [0.4, 0.5) is 0 Å². The first-order chi connectivity index (χ1) is 17.5. The molecule has 188 valence electrons. The van der Waals surface area contributed by atoms with E-state index >= 15 is 0 Å². The summed E-state index contributed by atoms with van der Waals surface area (Å²) < 4.78 is 27.5. The molecule has 0 N–H and O–H groups in total. The van der Waals surface area contributed by atoms with Gasteiger partial charge in [0.1, 0.15) is 12.4 Å². The molecule has 4 rings (SSSR count). The van der Waals surface area contributed by atoms with Gasteiger partial charge in [0.2, 0.25) is 11.8 Å². The highest BCUT2D eigenvalue weighted by Crippen LogP contribution is 2.30. The molecule has 0 aliphatic heterocycles. The summed E-state index contributed by atoms with van der Waals surface area (Å²) in [4.78, 5) is 14.6. The first kappa shape index (κ1) is 24.8. The Morgan fingerprint density at radius 3 is 2.72 bits per heavy atom. The quantitative estimate of drug-likeness (QED) is 0.267. The van der Waals surface area contributed by atoms with Gasteiger partial charge in [-0.15, -0.1) is 10.2 Å². The van der Waals surface area contributed by atoms with Crippen LogP contribution in [0.1, 0.15) is 41.8 Å². The number of nitrogens with zero attached hydrogens (tertiary/aromatic N) is 4. The minimum Gasteiger partial charge on any atom is -0.493 e. The fourth-order valence-electron chi connectivity index (χ4n) is 3.56. The second kappa shape index (κ2) is 11.4. The van der Waals surface area contributed by atoms with Gasteiger partial charge in [0.15, 0.2) is 17.3 Å². The van der Waals surface area contributed by atoms with E-state index in [1.807, 2.05) is 32.9 Å². The molecule has 3 aromatic heterocycles. The number of aryl methyl sites for hydroxylation is 2. The van der Waals surface area contributed by atoms with Gasteiger partial charge < -0.3 is 27.7 Å². The summed E-state index contributed by atoms with van der Waals surface area (Å²) in [5.74, 6) is 2.77. The zero-order chi connectivity index (χ0) is 25.5. The third-order valence-electron chi connectivity index (χ3n) is 5.49. The van der Waals surface area contributed by atoms with Crippen LogP contribution in [0.15, 0.2) is 56.0 Å². The third-order valence-corrected chi connectivity index (χ3v) is 5.49. The van der Waals surface area contributed by atoms with Gasteiger partial charge in [-0.1, -0.05) is 18.1 Å². The maximum absolute atomic E-state index is 12.9. The molecule has 0 saturated carbocycles. The number of hydrogen-bond donors (Lipinski definition) is 0. The summed E-state index contributed by atoms with van der Waals surface area (Å²) in [6, 6.07) is 8.94. The summed E-state index contributed by atoms with van der Waals surface area (Å²) in [5.41, 5.74) is 2.48. The van der Waals surface area contributed by atoms with Gasteiger partial charge in [0, 0.05) is 12.6 Å². The molecule has 0 bridgehead atoms. The average Bonchev–Trinajstić information content (AvgIpc) is 3.64. The van der Waals surface area contributed by atoms with Crippen LogP contribution < -0.4 is 9.47 Å². The zero-order valence-electron chi connectivity index (χ0n) is 20.7. The number of methoxy groups -OCH3 is 1. The van der Waals surface area contributed by atoms with Crippen molar-refractivity contribution in [2.24, 2.45) is 0 Å². The molecular formula is C26H28N4O6. The van der Waals surface area contributed by atoms with E-state index in [0.29, 0.717) is 36.3 Å². The number of carbonyl (C=O) groups is 1. The molecule has 0 atom stereocenters. The van der Waals surface area contributed by atoms with Crippen molar-refractivity contribution in [3.8, 4) is 23.1 Å². The molecule has 0 aliphatic carbocycles. The molecule has 4 aromatic rings. The Kier molecular flexibility index (Phi) is 7.84. The lowest BCUT2D eigenvalue weighted by atomic mass is 10.1. The van der Waals surface area contributed by atoms with E-state index in [1.165, 1.54) is 12.3 Å². The van der Waals surface area contributed by atoms with Crippen molar-refractivity contribution < 1.29 is 27.6 Å². The Balaban J connectivity index is 1.41. The largest absolute Gasteiger partial charge is 0.493 e. The highest BCUT2D eigenvalue weighted by atomic mass is 16.5. The molecule has 10 nitrogen and oxygen atoms in total. The van der Waals surface area contributed by atoms with Crippen LogP contribution in [0.25, 0.3) is 17.7 Å². The standard InChI is InChI=1S/C26H28N4O6/c1-5-12-30(15-24-27-28-26(35-24)22-7-6-13-33-22)25(31)11-9-19-8-10-21(23(14-19)32-4)34-16-20-17(2)29-36-18(20)3/h6-11,13-14H,5,12,15-16H2,1-4H3/b11-9+. The Morgan fingerprint density at radius 1 is 1.17 bits per heavy atom. The van der Waals surface area contributed by atoms with Crippen molar-refractivity contribution in [2.45, 2.75) is 40.3 Å². The Bertz CT molecular complexity index is 1300. The van der Waals surface area contributed by atoms with Gasteiger partial charge in [-0.2, -0.15) is 0 Å². The normalized spacial score (nSPS) is 11.2. The minimum absolute atomic E-state index is 0.174. The number of aromatic nitrogens is 3. The number of ether oxygens (including phenoxy) is 2. The number of hydrogen-bond acceptors (Lipinski definition) is 9. The predicted molar refractivity (Wildman–Crippen MR) is 130 cm³/mol. The van der Waals surface area contributed by atoms with E-state index in [4.69, 9.17) is 22.8 Å². The number of amides is 1. The lowest BCUT2D eigenvalue weighted by Gasteiger charge is -2.18. The van der Waals surface area contributed by atoms with E-state index in [2.05, 4.69) is 15.4 Å². The SMILES string of the molecule is CCCN(Cc1nnc(-c2ccco2)o1)C(=O)/C=C/c1ccc(OCc2c(C)noc2C)c(OC)c1. The van der Waals surface area contributed by atoms with E-state index in [-0.39, 0.29) is 18.3 Å². The second-order valence-electron chi connectivity index (χ2n) is 8.07. The molecule has 1 aromatic carbocycles. The first-order valence-electron chi connectivity index (χ1n) is 11.5. The van der Waals surface area contributed by atoms with E-state index in [1.54, 1.807) is 36.3 Å². The monoisotopic (exact) mass is 492 g/mol. The Hall–Kier alpha value is -4.34. The van der Waals surface area contributed by atoms with Crippen LogP contribution >= 0.6 is 0 Å². The predicted octanol–water partition coefficient (Wildman–Crippen LogP) is 4.97. The Morgan fingerprint density at radius 2 is 2.03 bits per heavy atom. The van der Waals surface area contributed by atoms with Crippen LogP contribution in [0.3, 0.4) is 0 Å². The van der Waals surface area contributed by atoms with Crippen molar-refractivity contribution in [1.29, 1.82) is 0 Å². The smallest absolute Gasteiger partial charge is 0.283 e. The maximum Gasteiger partial charge on any atom is 0.283 e. The van der Waals surface area contributed by atoms with E-state index in [0.717, 1.165) is 29.0 Å². The molecule has 0 saturated heterocycles. The summed E-state index contributed by atoms with van der Waals surface area (Å²) in [7, 11) is 1.57. The fourth-order valence-corrected chi connectivity index (χ4v) is 3.56. The maximum atomic E-state index is 12.9. The lowest BCUT2D eigenvalue weighted by molar-refractivity contribution is -0.126. The van der Waals surface area contributed by atoms with Gasteiger partial charge in [0.25, 0.3) is 5.89 Å². The van der Waals surface area contributed by atoms with Crippen molar-refractivity contribution in [3.63, 3.8) is 0 Å². The molecule has 10 heteroatoms. The summed E-state index contributed by atoms with van der Waals surface area (Å²) in [6.07, 6.45) is 5.56. The van der Waals surface area contributed by atoms with Crippen molar-refractivity contribution in [1.82, 2.24) is 20.3 Å². The van der Waals surface area contributed by atoms with Crippen molar-refractivity contribution >= 4 is 12.0 Å². The van der Waals surface area contributed by atoms with Crippen molar-refractivity contribution in [3.05, 3.63) is 71.1 Å². The lowest BCUT2D eigenvalue weighted by Crippen LogP contribution is -2.29. The zero-order valence-corrected chi connectivity index (χ0v) is 20.7. The molecule has 0 unspecified atom stereocenters. The van der Waals surface area contributed by atoms with Gasteiger partial charge in [-0.05, 0) is 56.2 Å². The van der Waals surface area contributed by atoms with Gasteiger partial charge in [-0.3, -0.25) is 4.79 Å². The van der Waals surface area contributed by atoms with Crippen LogP contribution in [0.5, 0.6) is 11.5 Å². The second-order valence-corrected chi connectivity index (χ2v) is 8.07. The van der Waals surface area contributed by atoms with Gasteiger partial charge >= 0.3 is 0 Å². The average molecular weight is 493 g/mol. The number of rotatable bonds is 11. The molecule has 1 amide bonds. The highest BCUT2D eigenvalue weighted by molar-refractivity contribution is 5.91. The summed E-state index contributed by atoms with van der Waals surface area (Å²) in [6.45, 7) is 6.77. The number of carbonyl (C=O) groups excluding carboxylic acids is 1. The molecule has 3 heterocycles. The highest BCUT2D eigenvalue weighted by Gasteiger charge is 2.17.